The molecule has 1 aliphatic carbocycles. The zero-order valence-corrected chi connectivity index (χ0v) is 21.4. The zero-order chi connectivity index (χ0) is 25.5. The third-order valence-electron chi connectivity index (χ3n) is 6.01. The normalized spacial score (nSPS) is 14.6. The molecule has 1 aromatic heterocycles. The molecule has 1 amide bonds. The Kier molecular flexibility index (Phi) is 8.37. The van der Waals surface area contributed by atoms with Crippen molar-refractivity contribution in [1.82, 2.24) is 14.9 Å². The summed E-state index contributed by atoms with van der Waals surface area (Å²) in [5, 5.41) is 6.78. The number of amides is 1. The lowest BCUT2D eigenvalue weighted by Crippen LogP contribution is -2.36. The molecule has 1 aliphatic rings. The second-order valence-corrected chi connectivity index (χ2v) is 11.1. The SMILES string of the molecule is CC(C)c1nc(Cc2ccc(NC(=O)COc3ccc(S(=O)(=O)NC4CCCCC4)cc3)cc2)no1. The lowest BCUT2D eigenvalue weighted by atomic mass is 9.96. The van der Waals surface area contributed by atoms with E-state index in [0.717, 1.165) is 37.7 Å². The largest absolute Gasteiger partial charge is 0.484 e. The van der Waals surface area contributed by atoms with Gasteiger partial charge in [0.1, 0.15) is 5.75 Å². The van der Waals surface area contributed by atoms with Crippen LogP contribution in [-0.2, 0) is 21.2 Å². The number of carbonyl (C=O) groups excluding carboxylic acids is 1. The number of hydrogen-bond donors (Lipinski definition) is 2. The molecule has 0 saturated heterocycles. The summed E-state index contributed by atoms with van der Waals surface area (Å²) in [5.41, 5.74) is 1.63. The van der Waals surface area contributed by atoms with Gasteiger partial charge < -0.3 is 14.6 Å². The smallest absolute Gasteiger partial charge is 0.262 e. The number of hydrogen-bond acceptors (Lipinski definition) is 7. The van der Waals surface area contributed by atoms with Crippen LogP contribution < -0.4 is 14.8 Å². The molecule has 0 bridgehead atoms. The number of benzene rings is 2. The average molecular weight is 513 g/mol. The van der Waals surface area contributed by atoms with Gasteiger partial charge in [0.2, 0.25) is 15.9 Å². The van der Waals surface area contributed by atoms with E-state index in [2.05, 4.69) is 20.2 Å². The highest BCUT2D eigenvalue weighted by Crippen LogP contribution is 2.21. The van der Waals surface area contributed by atoms with Crippen LogP contribution in [0.3, 0.4) is 0 Å². The van der Waals surface area contributed by atoms with Crippen molar-refractivity contribution in [2.45, 2.75) is 69.2 Å². The van der Waals surface area contributed by atoms with Crippen LogP contribution in [0.5, 0.6) is 5.75 Å². The molecule has 4 rings (SSSR count). The van der Waals surface area contributed by atoms with Gasteiger partial charge in [0, 0.05) is 24.1 Å². The van der Waals surface area contributed by atoms with E-state index in [1.54, 1.807) is 24.3 Å². The minimum absolute atomic E-state index is 0.00541. The van der Waals surface area contributed by atoms with Crippen LogP contribution in [-0.4, -0.2) is 37.1 Å². The molecular formula is C26H32N4O5S. The van der Waals surface area contributed by atoms with Gasteiger partial charge in [-0.15, -0.1) is 0 Å². The summed E-state index contributed by atoms with van der Waals surface area (Å²) in [6.07, 6.45) is 5.53. The van der Waals surface area contributed by atoms with E-state index in [1.165, 1.54) is 12.1 Å². The summed E-state index contributed by atoms with van der Waals surface area (Å²) in [6, 6.07) is 13.5. The predicted molar refractivity (Wildman–Crippen MR) is 135 cm³/mol. The van der Waals surface area contributed by atoms with Crippen molar-refractivity contribution in [3.05, 3.63) is 65.8 Å². The number of nitrogens with one attached hydrogen (secondary N) is 2. The minimum Gasteiger partial charge on any atom is -0.484 e. The lowest BCUT2D eigenvalue weighted by Gasteiger charge is -2.22. The second kappa shape index (κ2) is 11.7. The van der Waals surface area contributed by atoms with Gasteiger partial charge in [0.05, 0.1) is 4.90 Å². The van der Waals surface area contributed by atoms with Gasteiger partial charge >= 0.3 is 0 Å². The summed E-state index contributed by atoms with van der Waals surface area (Å²) in [7, 11) is -3.57. The number of nitrogens with zero attached hydrogens (tertiary/aromatic N) is 2. The van der Waals surface area contributed by atoms with Crippen LogP contribution in [0.4, 0.5) is 5.69 Å². The summed E-state index contributed by atoms with van der Waals surface area (Å²) in [4.78, 5) is 16.9. The Morgan fingerprint density at radius 3 is 2.39 bits per heavy atom. The van der Waals surface area contributed by atoms with E-state index < -0.39 is 10.0 Å². The van der Waals surface area contributed by atoms with Gasteiger partial charge in [-0.05, 0) is 54.8 Å². The molecule has 10 heteroatoms. The van der Waals surface area contributed by atoms with Crippen molar-refractivity contribution in [3.8, 4) is 5.75 Å². The Hall–Kier alpha value is -3.24. The third kappa shape index (κ3) is 7.14. The maximum Gasteiger partial charge on any atom is 0.262 e. The Morgan fingerprint density at radius 2 is 1.75 bits per heavy atom. The highest BCUT2D eigenvalue weighted by Gasteiger charge is 2.21. The standard InChI is InChI=1S/C26H32N4O5S/c1-18(2)26-28-24(29-35-26)16-19-8-10-20(11-9-19)27-25(31)17-34-22-12-14-23(15-13-22)36(32,33)30-21-6-4-3-5-7-21/h8-15,18,21,30H,3-7,16-17H2,1-2H3,(H,27,31). The summed E-state index contributed by atoms with van der Waals surface area (Å²) in [6.45, 7) is 3.79. The number of anilines is 1. The van der Waals surface area contributed by atoms with Gasteiger partial charge in [0.15, 0.2) is 12.4 Å². The molecule has 1 fully saturated rings. The first-order valence-electron chi connectivity index (χ1n) is 12.2. The van der Waals surface area contributed by atoms with Gasteiger partial charge in [0.25, 0.3) is 5.91 Å². The second-order valence-electron chi connectivity index (χ2n) is 9.34. The number of carbonyl (C=O) groups is 1. The molecule has 2 aromatic carbocycles. The fourth-order valence-electron chi connectivity index (χ4n) is 4.03. The van der Waals surface area contributed by atoms with Gasteiger partial charge in [-0.25, -0.2) is 13.1 Å². The minimum atomic E-state index is -3.57. The Labute approximate surface area is 211 Å². The van der Waals surface area contributed by atoms with Gasteiger partial charge in [-0.2, -0.15) is 4.98 Å². The Balaban J connectivity index is 1.24. The zero-order valence-electron chi connectivity index (χ0n) is 20.6. The number of aromatic nitrogens is 2. The molecule has 0 unspecified atom stereocenters. The molecule has 3 aromatic rings. The first-order valence-corrected chi connectivity index (χ1v) is 13.7. The van der Waals surface area contributed by atoms with Crippen LogP contribution in [0, 0.1) is 0 Å². The van der Waals surface area contributed by atoms with Crippen molar-refractivity contribution in [2.75, 3.05) is 11.9 Å². The molecule has 0 radical (unpaired) electrons. The monoisotopic (exact) mass is 512 g/mol. The van der Waals surface area contributed by atoms with Crippen molar-refractivity contribution in [3.63, 3.8) is 0 Å². The summed E-state index contributed by atoms with van der Waals surface area (Å²) in [5.74, 6) is 1.50. The quantitative estimate of drug-likeness (QED) is 0.412. The molecule has 2 N–H and O–H groups in total. The summed E-state index contributed by atoms with van der Waals surface area (Å²) < 4.78 is 38.8. The van der Waals surface area contributed by atoms with Crippen molar-refractivity contribution >= 4 is 21.6 Å². The molecule has 36 heavy (non-hydrogen) atoms. The molecule has 192 valence electrons. The van der Waals surface area contributed by atoms with E-state index in [1.807, 2.05) is 26.0 Å². The van der Waals surface area contributed by atoms with Crippen molar-refractivity contribution < 1.29 is 22.5 Å². The van der Waals surface area contributed by atoms with Crippen LogP contribution in [0.15, 0.2) is 57.9 Å². The van der Waals surface area contributed by atoms with E-state index in [0.29, 0.717) is 29.6 Å². The molecule has 1 saturated carbocycles. The highest BCUT2D eigenvalue weighted by atomic mass is 32.2. The van der Waals surface area contributed by atoms with Crippen LogP contribution >= 0.6 is 0 Å². The summed E-state index contributed by atoms with van der Waals surface area (Å²) >= 11 is 0. The highest BCUT2D eigenvalue weighted by molar-refractivity contribution is 7.89. The first kappa shape index (κ1) is 25.8. The van der Waals surface area contributed by atoms with Crippen molar-refractivity contribution in [2.24, 2.45) is 0 Å². The van der Waals surface area contributed by atoms with Gasteiger partial charge in [-0.3, -0.25) is 4.79 Å². The van der Waals surface area contributed by atoms with Crippen molar-refractivity contribution in [1.29, 1.82) is 0 Å². The first-order chi connectivity index (χ1) is 17.3. The molecule has 9 nitrogen and oxygen atoms in total. The van der Waals surface area contributed by atoms with E-state index >= 15 is 0 Å². The lowest BCUT2D eigenvalue weighted by molar-refractivity contribution is -0.118. The van der Waals surface area contributed by atoms with E-state index in [4.69, 9.17) is 9.26 Å². The maximum atomic E-state index is 12.6. The molecular weight excluding hydrogens is 480 g/mol. The van der Waals surface area contributed by atoms with Crippen LogP contribution in [0.1, 0.15) is 69.1 Å². The topological polar surface area (TPSA) is 123 Å². The number of sulfonamides is 1. The fraction of sp³-hybridized carbons (Fsp3) is 0.423. The number of rotatable bonds is 10. The van der Waals surface area contributed by atoms with Crippen LogP contribution in [0.25, 0.3) is 0 Å². The Bertz CT molecular complexity index is 1250. The fourth-order valence-corrected chi connectivity index (χ4v) is 5.34. The molecule has 1 heterocycles. The third-order valence-corrected chi connectivity index (χ3v) is 7.54. The van der Waals surface area contributed by atoms with E-state index in [9.17, 15) is 13.2 Å². The maximum absolute atomic E-state index is 12.6. The van der Waals surface area contributed by atoms with Crippen LogP contribution in [0.2, 0.25) is 0 Å². The van der Waals surface area contributed by atoms with E-state index in [-0.39, 0.29) is 29.4 Å². The molecule has 0 aliphatic heterocycles. The van der Waals surface area contributed by atoms with Gasteiger partial charge in [-0.1, -0.05) is 50.4 Å². The number of ether oxygens (including phenoxy) is 1. The molecule has 0 atom stereocenters. The Morgan fingerprint density at radius 1 is 1.06 bits per heavy atom. The predicted octanol–water partition coefficient (Wildman–Crippen LogP) is 4.41. The average Bonchev–Trinajstić information content (AvgIpc) is 3.34. The molecule has 0 spiro atoms.